The van der Waals surface area contributed by atoms with Crippen molar-refractivity contribution in [3.8, 4) is 5.75 Å². The molecule has 0 heterocycles. The molecule has 1 N–H and O–H groups in total. The van der Waals surface area contributed by atoms with Gasteiger partial charge in [0.2, 0.25) is 5.91 Å². The van der Waals surface area contributed by atoms with Gasteiger partial charge in [0, 0.05) is 31.8 Å². The average molecular weight is 577 g/mol. The Morgan fingerprint density at radius 2 is 1.68 bits per heavy atom. The van der Waals surface area contributed by atoms with E-state index in [-0.39, 0.29) is 31.0 Å². The number of nitrogens with zero attached hydrogens (tertiary/aromatic N) is 1. The Kier molecular flexibility index (Phi) is 10.4. The van der Waals surface area contributed by atoms with E-state index >= 15 is 0 Å². The molecule has 0 aliphatic rings. The molecule has 0 bridgehead atoms. The molecule has 0 aromatic heterocycles. The molecule has 31 heavy (non-hydrogen) atoms. The molecule has 0 saturated carbocycles. The maximum Gasteiger partial charge on any atom is 0.261 e. The molecule has 5 nitrogen and oxygen atoms in total. The van der Waals surface area contributed by atoms with E-state index in [4.69, 9.17) is 27.9 Å². The van der Waals surface area contributed by atoms with Crippen molar-refractivity contribution in [2.45, 2.75) is 52.2 Å². The van der Waals surface area contributed by atoms with Gasteiger partial charge in [-0.2, -0.15) is 0 Å². The normalized spacial score (nSPS) is 12.7. The van der Waals surface area contributed by atoms with Crippen molar-refractivity contribution < 1.29 is 14.3 Å². The van der Waals surface area contributed by atoms with Crippen LogP contribution in [-0.4, -0.2) is 35.4 Å². The quantitative estimate of drug-likeness (QED) is 0.369. The molecular formula is C23H27Cl2IN2O3. The van der Waals surface area contributed by atoms with E-state index in [0.717, 1.165) is 9.99 Å². The summed E-state index contributed by atoms with van der Waals surface area (Å²) in [6.45, 7) is 5.71. The summed E-state index contributed by atoms with van der Waals surface area (Å²) in [6.07, 6.45) is 1.24. The molecule has 0 spiro atoms. The number of hydrogen-bond donors (Lipinski definition) is 1. The highest BCUT2D eigenvalue weighted by molar-refractivity contribution is 14.1. The zero-order chi connectivity index (χ0) is 23.0. The maximum atomic E-state index is 13.2. The van der Waals surface area contributed by atoms with Crippen molar-refractivity contribution in [3.05, 3.63) is 61.6 Å². The minimum atomic E-state index is -0.672. The summed E-state index contributed by atoms with van der Waals surface area (Å²) in [7, 11) is 0. The lowest BCUT2D eigenvalue weighted by atomic mass is 10.1. The van der Waals surface area contributed by atoms with Crippen molar-refractivity contribution in [1.29, 1.82) is 0 Å². The molecule has 2 amide bonds. The summed E-state index contributed by atoms with van der Waals surface area (Å²) in [5.74, 6) is 0.0601. The van der Waals surface area contributed by atoms with Gasteiger partial charge in [-0.05, 0) is 78.8 Å². The van der Waals surface area contributed by atoms with Crippen molar-refractivity contribution in [1.82, 2.24) is 10.2 Å². The van der Waals surface area contributed by atoms with Crippen LogP contribution in [0.4, 0.5) is 0 Å². The Morgan fingerprint density at radius 3 is 2.23 bits per heavy atom. The van der Waals surface area contributed by atoms with Crippen LogP contribution in [0.2, 0.25) is 10.0 Å². The number of ether oxygens (including phenoxy) is 1. The van der Waals surface area contributed by atoms with Crippen LogP contribution in [0.5, 0.6) is 5.75 Å². The third kappa shape index (κ3) is 7.54. The van der Waals surface area contributed by atoms with Crippen molar-refractivity contribution in [2.75, 3.05) is 6.61 Å². The van der Waals surface area contributed by atoms with Crippen LogP contribution < -0.4 is 10.1 Å². The van der Waals surface area contributed by atoms with Crippen LogP contribution in [0.3, 0.4) is 0 Å². The topological polar surface area (TPSA) is 58.6 Å². The molecule has 0 aliphatic heterocycles. The second-order valence-electron chi connectivity index (χ2n) is 7.21. The molecule has 0 unspecified atom stereocenters. The lowest BCUT2D eigenvalue weighted by Gasteiger charge is -2.31. The van der Waals surface area contributed by atoms with Gasteiger partial charge in [0.05, 0.1) is 0 Å². The fourth-order valence-electron chi connectivity index (χ4n) is 2.97. The van der Waals surface area contributed by atoms with Crippen LogP contribution in [0.1, 0.15) is 39.2 Å². The summed E-state index contributed by atoms with van der Waals surface area (Å²) in [6, 6.07) is 11.9. The van der Waals surface area contributed by atoms with Gasteiger partial charge in [0.1, 0.15) is 11.8 Å². The summed E-state index contributed by atoms with van der Waals surface area (Å²) >= 11 is 14.9. The van der Waals surface area contributed by atoms with Gasteiger partial charge in [-0.3, -0.25) is 9.59 Å². The first-order valence-electron chi connectivity index (χ1n) is 10.2. The van der Waals surface area contributed by atoms with E-state index in [1.165, 1.54) is 4.90 Å². The van der Waals surface area contributed by atoms with Crippen molar-refractivity contribution in [2.24, 2.45) is 0 Å². The van der Waals surface area contributed by atoms with E-state index < -0.39 is 6.04 Å². The highest BCUT2D eigenvalue weighted by Gasteiger charge is 2.30. The van der Waals surface area contributed by atoms with Gasteiger partial charge in [-0.25, -0.2) is 0 Å². The number of nitrogens with one attached hydrogen (secondary N) is 1. The Hall–Kier alpha value is -1.51. The molecule has 2 atom stereocenters. The number of rotatable bonds is 10. The number of benzene rings is 2. The summed E-state index contributed by atoms with van der Waals surface area (Å²) < 4.78 is 6.75. The lowest BCUT2D eigenvalue weighted by molar-refractivity contribution is -0.143. The Morgan fingerprint density at radius 1 is 1.06 bits per heavy atom. The number of halogens is 3. The first kappa shape index (κ1) is 25.7. The van der Waals surface area contributed by atoms with Gasteiger partial charge in [0.15, 0.2) is 6.61 Å². The second-order valence-corrected chi connectivity index (χ2v) is 9.27. The Balaban J connectivity index is 2.27. The van der Waals surface area contributed by atoms with Crippen LogP contribution in [0, 0.1) is 3.57 Å². The Labute approximate surface area is 207 Å². The molecular weight excluding hydrogens is 550 g/mol. The molecule has 2 rings (SSSR count). The van der Waals surface area contributed by atoms with Gasteiger partial charge in [0.25, 0.3) is 5.91 Å². The third-order valence-electron chi connectivity index (χ3n) is 4.95. The third-order valence-corrected chi connectivity index (χ3v) is 6.38. The molecule has 168 valence electrons. The number of hydrogen-bond acceptors (Lipinski definition) is 3. The summed E-state index contributed by atoms with van der Waals surface area (Å²) in [4.78, 5) is 27.7. The molecule has 0 aliphatic carbocycles. The first-order valence-corrected chi connectivity index (χ1v) is 12.0. The molecule has 2 aromatic carbocycles. The zero-order valence-corrected chi connectivity index (χ0v) is 21.5. The van der Waals surface area contributed by atoms with Crippen LogP contribution in [0.25, 0.3) is 0 Å². The average Bonchev–Trinajstić information content (AvgIpc) is 2.74. The second kappa shape index (κ2) is 12.5. The monoisotopic (exact) mass is 576 g/mol. The van der Waals surface area contributed by atoms with Crippen molar-refractivity contribution in [3.63, 3.8) is 0 Å². The van der Waals surface area contributed by atoms with E-state index in [9.17, 15) is 9.59 Å². The summed E-state index contributed by atoms with van der Waals surface area (Å²) in [5, 5.41) is 3.86. The summed E-state index contributed by atoms with van der Waals surface area (Å²) in [5.41, 5.74) is 0.600. The van der Waals surface area contributed by atoms with Gasteiger partial charge in [-0.1, -0.05) is 43.1 Å². The minimum Gasteiger partial charge on any atom is -0.484 e. The maximum absolute atomic E-state index is 13.2. The first-order chi connectivity index (χ1) is 14.8. The van der Waals surface area contributed by atoms with E-state index in [0.29, 0.717) is 27.8 Å². The predicted octanol–water partition coefficient (Wildman–Crippen LogP) is 5.70. The van der Waals surface area contributed by atoms with Crippen LogP contribution >= 0.6 is 45.8 Å². The zero-order valence-electron chi connectivity index (χ0n) is 17.8. The van der Waals surface area contributed by atoms with Gasteiger partial charge in [-0.15, -0.1) is 0 Å². The molecule has 8 heteroatoms. The number of carbonyl (C=O) groups excluding carboxylic acids is 2. The minimum absolute atomic E-state index is 0.00504. The Bertz CT molecular complexity index is 873. The van der Waals surface area contributed by atoms with Crippen LogP contribution in [-0.2, 0) is 16.1 Å². The van der Waals surface area contributed by atoms with E-state index in [2.05, 4.69) is 27.9 Å². The van der Waals surface area contributed by atoms with Crippen molar-refractivity contribution >= 4 is 57.6 Å². The number of carbonyl (C=O) groups is 2. The fourth-order valence-corrected chi connectivity index (χ4v) is 3.85. The standard InChI is InChI=1S/C23H27Cl2IN2O3/c1-4-15(3)27-23(30)21(5-2)28(13-18-19(24)7-6-8-20(18)25)22(29)14-31-17-11-9-16(26)10-12-17/h6-12,15,21H,4-5,13-14H2,1-3H3,(H,27,30)/t15-,21+/m0/s1. The lowest BCUT2D eigenvalue weighted by Crippen LogP contribution is -2.51. The highest BCUT2D eigenvalue weighted by atomic mass is 127. The highest BCUT2D eigenvalue weighted by Crippen LogP contribution is 2.27. The van der Waals surface area contributed by atoms with Gasteiger partial charge < -0.3 is 15.0 Å². The molecule has 0 saturated heterocycles. The largest absolute Gasteiger partial charge is 0.484 e. The van der Waals surface area contributed by atoms with Crippen LogP contribution in [0.15, 0.2) is 42.5 Å². The smallest absolute Gasteiger partial charge is 0.261 e. The fraction of sp³-hybridized carbons (Fsp3) is 0.391. The molecule has 2 aromatic rings. The molecule has 0 fully saturated rings. The number of amides is 2. The predicted molar refractivity (Wildman–Crippen MR) is 134 cm³/mol. The SMILES string of the molecule is CC[C@H](C(=O)N[C@@H](C)CC)N(Cc1c(Cl)cccc1Cl)C(=O)COc1ccc(I)cc1. The van der Waals surface area contributed by atoms with E-state index in [1.54, 1.807) is 30.3 Å². The molecule has 0 radical (unpaired) electrons. The van der Waals surface area contributed by atoms with E-state index in [1.807, 2.05) is 32.9 Å². The van der Waals surface area contributed by atoms with Gasteiger partial charge >= 0.3 is 0 Å².